The maximum absolute atomic E-state index is 7.91. The molecule has 7 heavy (non-hydrogen) atoms. The summed E-state index contributed by atoms with van der Waals surface area (Å²) in [5, 5.41) is 0. The third-order valence-corrected chi connectivity index (χ3v) is 1.79. The molecule has 0 aromatic heterocycles. The molecule has 0 N–H and O–H groups in total. The number of nitrogens with zero attached hydrogens (tertiary/aromatic N) is 3. The van der Waals surface area contributed by atoms with E-state index >= 15 is 0 Å². The topological polar surface area (TPSA) is 48.8 Å². The Kier molecular flexibility index (Phi) is 2.19. The van der Waals surface area contributed by atoms with Crippen molar-refractivity contribution < 1.29 is 0 Å². The average molecular weight is 160 g/mol. The normalized spacial score (nSPS) is 10.1. The van der Waals surface area contributed by atoms with Crippen molar-refractivity contribution in [3.8, 4) is 0 Å². The van der Waals surface area contributed by atoms with E-state index in [1.54, 1.807) is 0 Å². The van der Waals surface area contributed by atoms with E-state index in [4.69, 9.17) is 5.53 Å². The van der Waals surface area contributed by atoms with Gasteiger partial charge in [-0.25, -0.2) is 0 Å². The molecule has 0 heterocycles. The molecule has 0 aliphatic carbocycles. The molecule has 0 rings (SSSR count). The van der Waals surface area contributed by atoms with E-state index in [9.17, 15) is 0 Å². The molecule has 3 nitrogen and oxygen atoms in total. The van der Waals surface area contributed by atoms with Crippen LogP contribution in [0.3, 0.4) is 0 Å². The number of hydrogen-bond acceptors (Lipinski definition) is 1. The van der Waals surface area contributed by atoms with Crippen molar-refractivity contribution in [3.05, 3.63) is 10.4 Å². The predicted molar refractivity (Wildman–Crippen MR) is 32.5 cm³/mol. The van der Waals surface area contributed by atoms with Crippen LogP contribution in [0, 0.1) is 0 Å². The van der Waals surface area contributed by atoms with Crippen LogP contribution in [-0.4, -0.2) is 13.5 Å². The zero-order valence-corrected chi connectivity index (χ0v) is 6.94. The van der Waals surface area contributed by atoms with Crippen LogP contribution in [0.15, 0.2) is 4.07 Å². The molecular weight excluding hydrogens is 151 g/mol. The van der Waals surface area contributed by atoms with Gasteiger partial charge in [0, 0.05) is 0 Å². The molecule has 0 atom stereocenters. The summed E-state index contributed by atoms with van der Waals surface area (Å²) in [5.41, 5.74) is 7.91. The Morgan fingerprint density at radius 3 is 1.86 bits per heavy atom. The SMILES string of the molecule is [CH3][Ge]([CH3])([CH3])[N]=[N+]=[N-]. The molecule has 0 aromatic carbocycles. The quantitative estimate of drug-likeness (QED) is 0.244. The number of rotatable bonds is 1. The van der Waals surface area contributed by atoms with E-state index in [0.717, 1.165) is 0 Å². The Balaban J connectivity index is 3.80. The monoisotopic (exact) mass is 161 g/mol. The molecule has 0 aliphatic rings. The minimum atomic E-state index is -1.87. The standard InChI is InChI=1S/C3H9GeN3/c1-4(2,3)6-7-5/h1-3H3. The zero-order chi connectivity index (χ0) is 5.91. The summed E-state index contributed by atoms with van der Waals surface area (Å²) in [6, 6.07) is 0. The van der Waals surface area contributed by atoms with Gasteiger partial charge in [-0.05, 0) is 0 Å². The van der Waals surface area contributed by atoms with Gasteiger partial charge < -0.3 is 0 Å². The third-order valence-electron chi connectivity index (χ3n) is 0.345. The molecule has 0 spiro atoms. The molecule has 0 amide bonds. The van der Waals surface area contributed by atoms with Crippen LogP contribution in [0.2, 0.25) is 17.3 Å². The van der Waals surface area contributed by atoms with E-state index in [2.05, 4.69) is 8.98 Å². The van der Waals surface area contributed by atoms with Crippen LogP contribution in [0.5, 0.6) is 0 Å². The molecule has 40 valence electrons. The Hall–Kier alpha value is -0.147. The van der Waals surface area contributed by atoms with Gasteiger partial charge in [0.15, 0.2) is 0 Å². The summed E-state index contributed by atoms with van der Waals surface area (Å²) in [6.07, 6.45) is 0. The van der Waals surface area contributed by atoms with Gasteiger partial charge >= 0.3 is 45.3 Å². The second kappa shape index (κ2) is 2.24. The first-order chi connectivity index (χ1) is 3.06. The van der Waals surface area contributed by atoms with Crippen LogP contribution in [0.1, 0.15) is 0 Å². The fourth-order valence-corrected chi connectivity index (χ4v) is 0.697. The summed E-state index contributed by atoms with van der Waals surface area (Å²) < 4.78 is 3.62. The summed E-state index contributed by atoms with van der Waals surface area (Å²) >= 11 is -1.87. The zero-order valence-electron chi connectivity index (χ0n) is 4.84. The van der Waals surface area contributed by atoms with Crippen molar-refractivity contribution in [1.29, 1.82) is 0 Å². The van der Waals surface area contributed by atoms with Crippen molar-refractivity contribution in [3.63, 3.8) is 0 Å². The van der Waals surface area contributed by atoms with Crippen LogP contribution in [0.4, 0.5) is 0 Å². The summed E-state index contributed by atoms with van der Waals surface area (Å²) in [7, 11) is 0. The summed E-state index contributed by atoms with van der Waals surface area (Å²) in [6.45, 7) is 0. The molecule has 0 aliphatic heterocycles. The first-order valence-corrected chi connectivity index (χ1v) is 9.36. The van der Waals surface area contributed by atoms with Crippen molar-refractivity contribution in [1.82, 2.24) is 0 Å². The first-order valence-electron chi connectivity index (χ1n) is 2.12. The van der Waals surface area contributed by atoms with Gasteiger partial charge in [-0.15, -0.1) is 0 Å². The number of azide groups is 1. The second-order valence-electron chi connectivity index (χ2n) is 2.36. The van der Waals surface area contributed by atoms with Gasteiger partial charge in [0.2, 0.25) is 0 Å². The van der Waals surface area contributed by atoms with Gasteiger partial charge in [0.1, 0.15) is 0 Å². The van der Waals surface area contributed by atoms with Gasteiger partial charge in [-0.1, -0.05) is 0 Å². The fourth-order valence-electron chi connectivity index (χ4n) is 0.134. The van der Waals surface area contributed by atoms with Crippen LogP contribution >= 0.6 is 0 Å². The fraction of sp³-hybridized carbons (Fsp3) is 1.00. The van der Waals surface area contributed by atoms with Crippen molar-refractivity contribution in [2.24, 2.45) is 4.07 Å². The molecule has 0 bridgehead atoms. The van der Waals surface area contributed by atoms with E-state index in [-0.39, 0.29) is 0 Å². The summed E-state index contributed by atoms with van der Waals surface area (Å²) in [5.74, 6) is 6.12. The van der Waals surface area contributed by atoms with Crippen molar-refractivity contribution >= 4 is 13.5 Å². The summed E-state index contributed by atoms with van der Waals surface area (Å²) in [4.78, 5) is 2.72. The van der Waals surface area contributed by atoms with Crippen molar-refractivity contribution in [2.45, 2.75) is 17.3 Å². The molecule has 4 heteroatoms. The average Bonchev–Trinajstić information content (AvgIpc) is 1.30. The van der Waals surface area contributed by atoms with Gasteiger partial charge in [0.05, 0.1) is 0 Å². The van der Waals surface area contributed by atoms with E-state index in [1.165, 1.54) is 0 Å². The Labute approximate surface area is 45.9 Å². The van der Waals surface area contributed by atoms with Crippen LogP contribution < -0.4 is 0 Å². The molecule has 0 saturated heterocycles. The molecule has 0 saturated carbocycles. The maximum atomic E-state index is 7.91. The van der Waals surface area contributed by atoms with Gasteiger partial charge in [0.25, 0.3) is 0 Å². The molecule has 0 aromatic rings. The predicted octanol–water partition coefficient (Wildman–Crippen LogP) is 2.13. The molecule has 0 fully saturated rings. The van der Waals surface area contributed by atoms with Crippen molar-refractivity contribution in [2.75, 3.05) is 0 Å². The number of hydrogen-bond donors (Lipinski definition) is 0. The minimum absolute atomic E-state index is 1.87. The second-order valence-corrected chi connectivity index (χ2v) is 11.9. The van der Waals surface area contributed by atoms with E-state index < -0.39 is 13.5 Å². The molecule has 0 unspecified atom stereocenters. The van der Waals surface area contributed by atoms with E-state index in [0.29, 0.717) is 0 Å². The Morgan fingerprint density at radius 1 is 1.43 bits per heavy atom. The van der Waals surface area contributed by atoms with Crippen LogP contribution in [-0.2, 0) is 0 Å². The van der Waals surface area contributed by atoms with Crippen LogP contribution in [0.25, 0.3) is 10.4 Å². The van der Waals surface area contributed by atoms with E-state index in [1.807, 2.05) is 17.3 Å². The Bertz CT molecular complexity index is 97.2. The molecule has 0 radical (unpaired) electrons. The van der Waals surface area contributed by atoms with Gasteiger partial charge in [-0.2, -0.15) is 0 Å². The third kappa shape index (κ3) is 5.85. The van der Waals surface area contributed by atoms with Gasteiger partial charge in [-0.3, -0.25) is 0 Å². The first kappa shape index (κ1) is 6.85. The Morgan fingerprint density at radius 2 is 1.86 bits per heavy atom. The molecular formula is C3H9GeN3.